The first-order chi connectivity index (χ1) is 8.49. The van der Waals surface area contributed by atoms with Gasteiger partial charge < -0.3 is 15.8 Å². The number of hydrogen-bond donors (Lipinski definition) is 2. The molecule has 3 N–H and O–H groups in total. The summed E-state index contributed by atoms with van der Waals surface area (Å²) in [5.74, 6) is 0.567. The van der Waals surface area contributed by atoms with E-state index in [4.69, 9.17) is 10.5 Å². The van der Waals surface area contributed by atoms with E-state index in [1.807, 2.05) is 12.1 Å². The summed E-state index contributed by atoms with van der Waals surface area (Å²) in [7, 11) is 1.75. The summed E-state index contributed by atoms with van der Waals surface area (Å²) >= 11 is 0. The highest BCUT2D eigenvalue weighted by atomic mass is 16.5. The predicted octanol–water partition coefficient (Wildman–Crippen LogP) is 2.00. The van der Waals surface area contributed by atoms with Crippen LogP contribution >= 0.6 is 0 Å². The zero-order valence-electron chi connectivity index (χ0n) is 11.9. The van der Waals surface area contributed by atoms with E-state index >= 15 is 0 Å². The Morgan fingerprint density at radius 2 is 2.22 bits per heavy atom. The molecule has 0 fully saturated rings. The fraction of sp³-hybridized carbons (Fsp3) is 0.643. The van der Waals surface area contributed by atoms with Gasteiger partial charge >= 0.3 is 0 Å². The summed E-state index contributed by atoms with van der Waals surface area (Å²) in [6, 6.07) is 4.18. The van der Waals surface area contributed by atoms with Gasteiger partial charge in [0, 0.05) is 19.3 Å². The molecule has 0 radical (unpaired) electrons. The largest absolute Gasteiger partial charge is 0.384 e. The zero-order chi connectivity index (χ0) is 13.6. The van der Waals surface area contributed by atoms with Crippen molar-refractivity contribution in [2.45, 2.75) is 45.3 Å². The minimum Gasteiger partial charge on any atom is -0.384 e. The van der Waals surface area contributed by atoms with Crippen LogP contribution in [0.25, 0.3) is 0 Å². The standard InChI is InChI=1S/C14H25N3O/c1-5-7-16-12(14(2,3)18-4)9-11-6-8-17-13(15)10-11/h6,8,10,12,16H,5,7,9H2,1-4H3,(H2,15,17). The van der Waals surface area contributed by atoms with Gasteiger partial charge in [-0.25, -0.2) is 4.98 Å². The van der Waals surface area contributed by atoms with Crippen LogP contribution < -0.4 is 11.1 Å². The first kappa shape index (κ1) is 14.9. The lowest BCUT2D eigenvalue weighted by atomic mass is 9.92. The molecule has 1 unspecified atom stereocenters. The van der Waals surface area contributed by atoms with Gasteiger partial charge in [0.05, 0.1) is 5.60 Å². The van der Waals surface area contributed by atoms with Gasteiger partial charge in [0.25, 0.3) is 0 Å². The van der Waals surface area contributed by atoms with E-state index in [2.05, 4.69) is 31.1 Å². The number of anilines is 1. The minimum absolute atomic E-state index is 0.215. The summed E-state index contributed by atoms with van der Waals surface area (Å²) in [5.41, 5.74) is 6.68. The average molecular weight is 251 g/mol. The molecule has 1 aromatic rings. The Kier molecular flexibility index (Phi) is 5.56. The van der Waals surface area contributed by atoms with Crippen LogP contribution in [0.3, 0.4) is 0 Å². The molecule has 0 saturated heterocycles. The Labute approximate surface area is 110 Å². The van der Waals surface area contributed by atoms with Crippen molar-refractivity contribution < 1.29 is 4.74 Å². The van der Waals surface area contributed by atoms with Crippen LogP contribution in [0.15, 0.2) is 18.3 Å². The third-order valence-electron chi connectivity index (χ3n) is 3.29. The molecule has 0 aliphatic heterocycles. The number of nitrogens with zero attached hydrogens (tertiary/aromatic N) is 1. The Bertz CT molecular complexity index is 366. The van der Waals surface area contributed by atoms with E-state index in [-0.39, 0.29) is 11.6 Å². The summed E-state index contributed by atoms with van der Waals surface area (Å²) in [6.07, 6.45) is 3.74. The number of nitrogen functional groups attached to an aromatic ring is 1. The van der Waals surface area contributed by atoms with Gasteiger partial charge in [0.2, 0.25) is 0 Å². The van der Waals surface area contributed by atoms with Crippen LogP contribution in [0.5, 0.6) is 0 Å². The van der Waals surface area contributed by atoms with E-state index in [1.54, 1.807) is 13.3 Å². The highest BCUT2D eigenvalue weighted by Crippen LogP contribution is 2.18. The lowest BCUT2D eigenvalue weighted by Gasteiger charge is -2.34. The predicted molar refractivity (Wildman–Crippen MR) is 75.5 cm³/mol. The highest BCUT2D eigenvalue weighted by molar-refractivity contribution is 5.32. The van der Waals surface area contributed by atoms with E-state index < -0.39 is 0 Å². The van der Waals surface area contributed by atoms with Crippen molar-refractivity contribution in [3.63, 3.8) is 0 Å². The number of rotatable bonds is 7. The van der Waals surface area contributed by atoms with Gasteiger partial charge in [-0.1, -0.05) is 6.92 Å². The van der Waals surface area contributed by atoms with Crippen molar-refractivity contribution in [2.75, 3.05) is 19.4 Å². The highest BCUT2D eigenvalue weighted by Gasteiger charge is 2.28. The minimum atomic E-state index is -0.215. The SMILES string of the molecule is CCCNC(Cc1ccnc(N)c1)C(C)(C)OC. The van der Waals surface area contributed by atoms with Gasteiger partial charge in [-0.15, -0.1) is 0 Å². The first-order valence-electron chi connectivity index (χ1n) is 6.48. The summed E-state index contributed by atoms with van der Waals surface area (Å²) in [6.45, 7) is 7.35. The van der Waals surface area contributed by atoms with Crippen molar-refractivity contribution >= 4 is 5.82 Å². The maximum Gasteiger partial charge on any atom is 0.123 e. The van der Waals surface area contributed by atoms with E-state index in [9.17, 15) is 0 Å². The van der Waals surface area contributed by atoms with Crippen LogP contribution in [0.1, 0.15) is 32.8 Å². The molecular formula is C14H25N3O. The van der Waals surface area contributed by atoms with E-state index in [0.717, 1.165) is 19.4 Å². The van der Waals surface area contributed by atoms with Gasteiger partial charge in [-0.2, -0.15) is 0 Å². The van der Waals surface area contributed by atoms with Gasteiger partial charge in [-0.05, 0) is 50.9 Å². The molecule has 1 atom stereocenters. The number of hydrogen-bond acceptors (Lipinski definition) is 4. The second-order valence-corrected chi connectivity index (χ2v) is 5.11. The smallest absolute Gasteiger partial charge is 0.123 e. The molecule has 4 heteroatoms. The monoisotopic (exact) mass is 251 g/mol. The van der Waals surface area contributed by atoms with Crippen molar-refractivity contribution in [3.8, 4) is 0 Å². The number of ether oxygens (including phenoxy) is 1. The number of nitrogens with one attached hydrogen (secondary N) is 1. The molecule has 0 aliphatic carbocycles. The van der Waals surface area contributed by atoms with Crippen LogP contribution in [0.4, 0.5) is 5.82 Å². The number of aromatic nitrogens is 1. The summed E-state index contributed by atoms with van der Waals surface area (Å²) in [5, 5.41) is 3.54. The second-order valence-electron chi connectivity index (χ2n) is 5.11. The quantitative estimate of drug-likeness (QED) is 0.778. The topological polar surface area (TPSA) is 60.2 Å². The summed E-state index contributed by atoms with van der Waals surface area (Å²) < 4.78 is 5.59. The third kappa shape index (κ3) is 4.27. The molecule has 102 valence electrons. The van der Waals surface area contributed by atoms with Crippen molar-refractivity contribution in [1.29, 1.82) is 0 Å². The molecule has 1 rings (SSSR count). The number of nitrogens with two attached hydrogens (primary N) is 1. The molecule has 0 amide bonds. The fourth-order valence-corrected chi connectivity index (χ4v) is 1.88. The maximum atomic E-state index is 5.71. The molecule has 0 spiro atoms. The molecule has 1 heterocycles. The Morgan fingerprint density at radius 1 is 1.50 bits per heavy atom. The summed E-state index contributed by atoms with van der Waals surface area (Å²) in [4.78, 5) is 4.02. The third-order valence-corrected chi connectivity index (χ3v) is 3.29. The van der Waals surface area contributed by atoms with Crippen molar-refractivity contribution in [1.82, 2.24) is 10.3 Å². The molecule has 0 aromatic carbocycles. The van der Waals surface area contributed by atoms with Crippen molar-refractivity contribution in [3.05, 3.63) is 23.9 Å². The Hall–Kier alpha value is -1.13. The van der Waals surface area contributed by atoms with Crippen LogP contribution in [0, 0.1) is 0 Å². The second kappa shape index (κ2) is 6.71. The molecule has 1 aromatic heterocycles. The van der Waals surface area contributed by atoms with E-state index in [1.165, 1.54) is 5.56 Å². The average Bonchev–Trinajstić information content (AvgIpc) is 2.34. The molecule has 0 aliphatic rings. The fourth-order valence-electron chi connectivity index (χ4n) is 1.88. The van der Waals surface area contributed by atoms with Crippen LogP contribution in [-0.2, 0) is 11.2 Å². The van der Waals surface area contributed by atoms with Crippen LogP contribution in [0.2, 0.25) is 0 Å². The maximum absolute atomic E-state index is 5.71. The zero-order valence-corrected chi connectivity index (χ0v) is 11.9. The first-order valence-corrected chi connectivity index (χ1v) is 6.48. The van der Waals surface area contributed by atoms with Gasteiger partial charge in [0.1, 0.15) is 5.82 Å². The van der Waals surface area contributed by atoms with E-state index in [0.29, 0.717) is 5.82 Å². The number of methoxy groups -OCH3 is 1. The Balaban J connectivity index is 2.78. The molecule has 0 saturated carbocycles. The lowest BCUT2D eigenvalue weighted by molar-refractivity contribution is -0.00997. The lowest BCUT2D eigenvalue weighted by Crippen LogP contribution is -2.49. The number of pyridine rings is 1. The Morgan fingerprint density at radius 3 is 2.78 bits per heavy atom. The van der Waals surface area contributed by atoms with Crippen molar-refractivity contribution in [2.24, 2.45) is 0 Å². The van der Waals surface area contributed by atoms with Crippen LogP contribution in [-0.4, -0.2) is 30.3 Å². The molecule has 0 bridgehead atoms. The molecule has 4 nitrogen and oxygen atoms in total. The van der Waals surface area contributed by atoms with Gasteiger partial charge in [-0.3, -0.25) is 0 Å². The molecule has 18 heavy (non-hydrogen) atoms. The van der Waals surface area contributed by atoms with Gasteiger partial charge in [0.15, 0.2) is 0 Å². The normalized spacial score (nSPS) is 13.6. The molecular weight excluding hydrogens is 226 g/mol.